The van der Waals surface area contributed by atoms with Gasteiger partial charge in [0.2, 0.25) is 27.7 Å². The number of carbonyl (C=O) groups is 3. The molecule has 0 N–H and O–H groups in total. The normalized spacial score (nSPS) is 14.7. The van der Waals surface area contributed by atoms with Gasteiger partial charge in [0.1, 0.15) is 11.5 Å². The number of likely N-dealkylation sites (N-methyl/N-ethyl adjacent to an activating group) is 1. The Morgan fingerprint density at radius 3 is 2.06 bits per heavy atom. The lowest BCUT2D eigenvalue weighted by Gasteiger charge is -2.40. The molecule has 1 aliphatic heterocycles. The van der Waals surface area contributed by atoms with Gasteiger partial charge in [-0.05, 0) is 61.7 Å². The second-order valence-electron chi connectivity index (χ2n) is 11.8. The van der Waals surface area contributed by atoms with Crippen molar-refractivity contribution in [3.8, 4) is 0 Å². The molecule has 1 atom stereocenters. The number of alkyl halides is 3. The Hall–Kier alpha value is -4.53. The number of pyridine rings is 1. The zero-order valence-electron chi connectivity index (χ0n) is 27.9. The quantitative estimate of drug-likeness (QED) is 0.234. The molecule has 1 aliphatic rings. The van der Waals surface area contributed by atoms with E-state index in [1.54, 1.807) is 16.7 Å². The number of aromatic nitrogens is 1. The summed E-state index contributed by atoms with van der Waals surface area (Å²) < 4.78 is 81.6. The molecule has 15 heteroatoms. The molecule has 4 rings (SSSR count). The van der Waals surface area contributed by atoms with Gasteiger partial charge in [0, 0.05) is 44.7 Å². The summed E-state index contributed by atoms with van der Waals surface area (Å²) in [6.07, 6.45) is -3.03. The molecule has 1 unspecified atom stereocenters. The number of carbonyl (C=O) groups excluding carboxylic acids is 3. The number of benzene rings is 2. The second kappa shape index (κ2) is 14.9. The van der Waals surface area contributed by atoms with Crippen LogP contribution >= 0.6 is 0 Å². The summed E-state index contributed by atoms with van der Waals surface area (Å²) in [6, 6.07) is 14.3. The zero-order valence-corrected chi connectivity index (χ0v) is 28.7. The van der Waals surface area contributed by atoms with Crippen molar-refractivity contribution in [2.24, 2.45) is 0 Å². The van der Waals surface area contributed by atoms with Gasteiger partial charge in [-0.15, -0.1) is 0 Å². The number of hydrogen-bond acceptors (Lipinski definition) is 7. The van der Waals surface area contributed by atoms with E-state index in [9.17, 15) is 36.0 Å². The van der Waals surface area contributed by atoms with Crippen LogP contribution in [0.3, 0.4) is 0 Å². The third kappa shape index (κ3) is 8.20. The number of hydrogen-bond donors (Lipinski definition) is 0. The predicted octanol–water partition coefficient (Wildman–Crippen LogP) is 6.12. The first-order valence-electron chi connectivity index (χ1n) is 15.8. The van der Waals surface area contributed by atoms with Crippen LogP contribution in [0.5, 0.6) is 0 Å². The monoisotopic (exact) mass is 705 g/mol. The number of piperidine rings is 1. The van der Waals surface area contributed by atoms with E-state index in [4.69, 9.17) is 0 Å². The first-order valence-corrected chi connectivity index (χ1v) is 17.6. The van der Waals surface area contributed by atoms with Crippen molar-refractivity contribution >= 4 is 50.6 Å². The summed E-state index contributed by atoms with van der Waals surface area (Å²) in [7, 11) is -2.77. The summed E-state index contributed by atoms with van der Waals surface area (Å²) in [5.74, 6) is -3.65. The molecule has 2 aromatic carbocycles. The van der Waals surface area contributed by atoms with Crippen molar-refractivity contribution in [1.82, 2.24) is 4.98 Å². The average Bonchev–Trinajstić information content (AvgIpc) is 3.07. The number of sulfonamides is 1. The Kier molecular flexibility index (Phi) is 11.4. The number of para-hydroxylation sites is 1. The molecule has 0 bridgehead atoms. The minimum absolute atomic E-state index is 0.0622. The molecule has 3 aromatic rings. The van der Waals surface area contributed by atoms with Gasteiger partial charge in [-0.2, -0.15) is 13.2 Å². The van der Waals surface area contributed by atoms with Gasteiger partial charge >= 0.3 is 6.18 Å². The predicted molar refractivity (Wildman–Crippen MR) is 180 cm³/mol. The standard InChI is InChI=1S/C34H39F4N5O5S/c1-6-30(44)42(24-11-9-8-10-12-24)25-17-19-41(20-18-25)32-28(15-16-29(39-32)34(36,37)38)40(4)33(46)22(3)23-13-14-27(26(35)21-23)43(31(45)7-2)49(5,47)48/h8-16,21-22,25H,6-7,17-20H2,1-5H3. The average molecular weight is 706 g/mol. The van der Waals surface area contributed by atoms with Gasteiger partial charge in [0.25, 0.3) is 0 Å². The fourth-order valence-electron chi connectivity index (χ4n) is 5.90. The first kappa shape index (κ1) is 37.3. The molecule has 49 heavy (non-hydrogen) atoms. The van der Waals surface area contributed by atoms with Crippen LogP contribution in [0, 0.1) is 5.82 Å². The largest absolute Gasteiger partial charge is 0.433 e. The topological polar surface area (TPSA) is 111 Å². The highest BCUT2D eigenvalue weighted by Crippen LogP contribution is 2.37. The first-order chi connectivity index (χ1) is 23.0. The van der Waals surface area contributed by atoms with Gasteiger partial charge in [0.15, 0.2) is 5.82 Å². The number of rotatable bonds is 10. The number of nitrogens with zero attached hydrogens (tertiary/aromatic N) is 5. The van der Waals surface area contributed by atoms with Gasteiger partial charge in [-0.3, -0.25) is 14.4 Å². The van der Waals surface area contributed by atoms with Crippen LogP contribution in [0.25, 0.3) is 0 Å². The molecule has 1 fully saturated rings. The number of halogens is 4. The molecule has 0 aliphatic carbocycles. The van der Waals surface area contributed by atoms with E-state index >= 15 is 4.39 Å². The van der Waals surface area contributed by atoms with E-state index in [-0.39, 0.29) is 54.9 Å². The molecule has 264 valence electrons. The molecule has 10 nitrogen and oxygen atoms in total. The van der Waals surface area contributed by atoms with Crippen molar-refractivity contribution in [2.45, 2.75) is 64.6 Å². The summed E-state index contributed by atoms with van der Waals surface area (Å²) in [6.45, 7) is 5.18. The van der Waals surface area contributed by atoms with E-state index in [1.807, 2.05) is 30.3 Å². The minimum Gasteiger partial charge on any atom is -0.355 e. The molecular weight excluding hydrogens is 666 g/mol. The van der Waals surface area contributed by atoms with E-state index in [0.29, 0.717) is 17.1 Å². The van der Waals surface area contributed by atoms with Gasteiger partial charge in [-0.25, -0.2) is 22.1 Å². The van der Waals surface area contributed by atoms with Crippen LogP contribution in [0.4, 0.5) is 40.4 Å². The van der Waals surface area contributed by atoms with E-state index in [2.05, 4.69) is 4.98 Å². The molecule has 0 radical (unpaired) electrons. The van der Waals surface area contributed by atoms with Crippen molar-refractivity contribution in [3.63, 3.8) is 0 Å². The smallest absolute Gasteiger partial charge is 0.355 e. The van der Waals surface area contributed by atoms with Crippen LogP contribution < -0.4 is 19.0 Å². The Labute approximate surface area is 283 Å². The lowest BCUT2D eigenvalue weighted by atomic mass is 9.98. The molecule has 0 saturated carbocycles. The highest BCUT2D eigenvalue weighted by Gasteiger charge is 2.37. The molecule has 1 saturated heterocycles. The molecule has 2 heterocycles. The van der Waals surface area contributed by atoms with Gasteiger partial charge in [-0.1, -0.05) is 38.1 Å². The van der Waals surface area contributed by atoms with Crippen LogP contribution in [-0.4, -0.2) is 63.6 Å². The van der Waals surface area contributed by atoms with E-state index in [0.717, 1.165) is 35.0 Å². The maximum atomic E-state index is 15.3. The van der Waals surface area contributed by atoms with Crippen LogP contribution in [0.2, 0.25) is 0 Å². The summed E-state index contributed by atoms with van der Waals surface area (Å²) in [5, 5.41) is 0. The molecule has 0 spiro atoms. The summed E-state index contributed by atoms with van der Waals surface area (Å²) >= 11 is 0. The molecular formula is C34H39F4N5O5S. The van der Waals surface area contributed by atoms with Gasteiger partial charge in [0.05, 0.1) is 23.5 Å². The fraction of sp³-hybridized carbons (Fsp3) is 0.412. The summed E-state index contributed by atoms with van der Waals surface area (Å²) in [5.41, 5.74) is -0.643. The minimum atomic E-state index is -4.75. The Balaban J connectivity index is 1.62. The SMILES string of the molecule is CCC(=O)N(c1ccccc1)C1CCN(c2nc(C(F)(F)F)ccc2N(C)C(=O)C(C)c2ccc(N(C(=O)CC)S(C)(=O)=O)c(F)c2)CC1. The second-order valence-corrected chi connectivity index (χ2v) is 13.6. The van der Waals surface area contributed by atoms with Crippen LogP contribution in [-0.2, 0) is 30.6 Å². The zero-order chi connectivity index (χ0) is 36.3. The fourth-order valence-corrected chi connectivity index (χ4v) is 6.90. The van der Waals surface area contributed by atoms with Crippen molar-refractivity contribution in [2.75, 3.05) is 45.4 Å². The third-order valence-corrected chi connectivity index (χ3v) is 9.56. The Morgan fingerprint density at radius 1 is 0.939 bits per heavy atom. The molecule has 3 amide bonds. The molecule has 1 aromatic heterocycles. The van der Waals surface area contributed by atoms with Crippen LogP contribution in [0.1, 0.15) is 63.6 Å². The van der Waals surface area contributed by atoms with Gasteiger partial charge < -0.3 is 14.7 Å². The van der Waals surface area contributed by atoms with E-state index in [1.165, 1.54) is 33.0 Å². The Morgan fingerprint density at radius 2 is 1.53 bits per heavy atom. The number of amides is 3. The van der Waals surface area contributed by atoms with Crippen molar-refractivity contribution < 1.29 is 40.4 Å². The highest BCUT2D eigenvalue weighted by molar-refractivity contribution is 7.92. The van der Waals surface area contributed by atoms with Crippen molar-refractivity contribution in [1.29, 1.82) is 0 Å². The Bertz CT molecular complexity index is 1800. The van der Waals surface area contributed by atoms with E-state index < -0.39 is 51.1 Å². The highest BCUT2D eigenvalue weighted by atomic mass is 32.2. The lowest BCUT2D eigenvalue weighted by molar-refractivity contribution is -0.141. The number of anilines is 4. The van der Waals surface area contributed by atoms with Crippen LogP contribution in [0.15, 0.2) is 60.7 Å². The van der Waals surface area contributed by atoms with Crippen molar-refractivity contribution in [3.05, 3.63) is 77.7 Å². The maximum Gasteiger partial charge on any atom is 0.433 e. The third-order valence-electron chi connectivity index (χ3n) is 8.49. The lowest BCUT2D eigenvalue weighted by Crippen LogP contribution is -2.48. The maximum absolute atomic E-state index is 15.3. The summed E-state index contributed by atoms with van der Waals surface area (Å²) in [4.78, 5) is 47.5.